The Bertz CT molecular complexity index is 1720. The molecule has 2 saturated heterocycles. The SMILES string of the molecule is COc1cc(Br)cc(C2C3=CCC4C(=O)N(C5CCN(Cc6ccccc6)CC5)C(=O)C4C3CC3=C2C(=O)C=C(Br)C3=O)c1O. The maximum absolute atomic E-state index is 14.3. The van der Waals surface area contributed by atoms with Crippen LogP contribution in [0.2, 0.25) is 0 Å². The molecular weight excluding hydrogens is 704 g/mol. The van der Waals surface area contributed by atoms with Gasteiger partial charge in [-0.15, -0.1) is 0 Å². The number of hydrogen-bond donors (Lipinski definition) is 1. The van der Waals surface area contributed by atoms with Crippen LogP contribution in [0.3, 0.4) is 0 Å². The fourth-order valence-corrected chi connectivity index (χ4v) is 9.00. The van der Waals surface area contributed by atoms with Gasteiger partial charge in [-0.2, -0.15) is 0 Å². The largest absolute Gasteiger partial charge is 0.504 e. The van der Waals surface area contributed by atoms with Gasteiger partial charge in [0.1, 0.15) is 0 Å². The van der Waals surface area contributed by atoms with Gasteiger partial charge in [0.2, 0.25) is 11.8 Å². The summed E-state index contributed by atoms with van der Waals surface area (Å²) in [5.41, 5.74) is 3.07. The third-order valence-corrected chi connectivity index (χ3v) is 11.2. The van der Waals surface area contributed by atoms with Gasteiger partial charge in [-0.1, -0.05) is 57.9 Å². The molecule has 0 saturated carbocycles. The van der Waals surface area contributed by atoms with Gasteiger partial charge in [0.15, 0.2) is 23.1 Å². The molecule has 2 fully saturated rings. The second-order valence-corrected chi connectivity index (χ2v) is 14.2. The molecule has 0 bridgehead atoms. The summed E-state index contributed by atoms with van der Waals surface area (Å²) in [7, 11) is 1.45. The summed E-state index contributed by atoms with van der Waals surface area (Å²) in [5, 5.41) is 11.3. The predicted octanol–water partition coefficient (Wildman–Crippen LogP) is 5.59. The number of amides is 2. The van der Waals surface area contributed by atoms with E-state index < -0.39 is 23.7 Å². The number of nitrogens with zero attached hydrogens (tertiary/aromatic N) is 2. The monoisotopic (exact) mass is 734 g/mol. The summed E-state index contributed by atoms with van der Waals surface area (Å²) in [5.74, 6) is -3.26. The number of ether oxygens (including phenoxy) is 1. The molecule has 2 heterocycles. The quantitative estimate of drug-likeness (QED) is 0.243. The minimum absolute atomic E-state index is 0.132. The lowest BCUT2D eigenvalue weighted by Gasteiger charge is -2.42. The fourth-order valence-electron chi connectivity index (χ4n) is 8.09. The Morgan fingerprint density at radius 3 is 2.42 bits per heavy atom. The van der Waals surface area contributed by atoms with Crippen molar-refractivity contribution in [3.05, 3.63) is 91.4 Å². The van der Waals surface area contributed by atoms with Gasteiger partial charge >= 0.3 is 0 Å². The standard InChI is InChI=1S/C35H32Br2N2O6/c1-45-28-14-19(36)13-24(33(28)42)29-21-7-8-22-30(23(21)15-25-31(29)27(40)16-26(37)32(25)41)35(44)39(34(22)43)20-9-11-38(12-10-20)17-18-5-3-2-4-6-18/h2-7,13-14,16,20,22-23,29-30,42H,8-12,15,17H2,1H3. The molecule has 3 aliphatic carbocycles. The second-order valence-electron chi connectivity index (χ2n) is 12.5. The van der Waals surface area contributed by atoms with Crippen molar-refractivity contribution in [2.45, 2.75) is 44.2 Å². The average molecular weight is 736 g/mol. The maximum Gasteiger partial charge on any atom is 0.233 e. The highest BCUT2D eigenvalue weighted by Crippen LogP contribution is 2.57. The average Bonchev–Trinajstić information content (AvgIpc) is 3.30. The Hall–Kier alpha value is -3.34. The molecule has 2 amide bonds. The number of rotatable bonds is 5. The molecule has 2 aromatic carbocycles. The number of fused-ring (bicyclic) bond motifs is 3. The number of hydrogen-bond acceptors (Lipinski definition) is 7. The van der Waals surface area contributed by atoms with Crippen molar-refractivity contribution in [2.24, 2.45) is 17.8 Å². The molecule has 0 aromatic heterocycles. The van der Waals surface area contributed by atoms with Gasteiger partial charge in [0, 0.05) is 58.9 Å². The van der Waals surface area contributed by atoms with E-state index in [1.165, 1.54) is 23.6 Å². The topological polar surface area (TPSA) is 104 Å². The summed E-state index contributed by atoms with van der Waals surface area (Å²) in [6.07, 6.45) is 5.21. The number of phenols is 1. The number of carbonyl (C=O) groups is 4. The first-order valence-corrected chi connectivity index (χ1v) is 16.8. The number of allylic oxidation sites excluding steroid dienone is 6. The van der Waals surface area contributed by atoms with Crippen LogP contribution in [0, 0.1) is 17.8 Å². The highest BCUT2D eigenvalue weighted by molar-refractivity contribution is 9.12. The maximum atomic E-state index is 14.3. The minimum atomic E-state index is -0.766. The lowest BCUT2D eigenvalue weighted by atomic mass is 9.59. The molecule has 2 aromatic rings. The molecule has 232 valence electrons. The Morgan fingerprint density at radius 1 is 0.978 bits per heavy atom. The molecule has 1 N–H and O–H groups in total. The number of benzene rings is 2. The molecule has 10 heteroatoms. The first-order chi connectivity index (χ1) is 21.7. The predicted molar refractivity (Wildman–Crippen MR) is 174 cm³/mol. The number of imide groups is 1. The van der Waals surface area contributed by atoms with Gasteiger partial charge in [-0.3, -0.25) is 29.0 Å². The Balaban J connectivity index is 1.21. The van der Waals surface area contributed by atoms with Crippen LogP contribution in [0.4, 0.5) is 0 Å². The molecular formula is C35H32Br2N2O6. The van der Waals surface area contributed by atoms with Crippen molar-refractivity contribution in [3.8, 4) is 11.5 Å². The molecule has 7 rings (SSSR count). The smallest absolute Gasteiger partial charge is 0.233 e. The molecule has 8 nitrogen and oxygen atoms in total. The van der Waals surface area contributed by atoms with E-state index >= 15 is 0 Å². The summed E-state index contributed by atoms with van der Waals surface area (Å²) >= 11 is 6.76. The highest BCUT2D eigenvalue weighted by Gasteiger charge is 2.57. The summed E-state index contributed by atoms with van der Waals surface area (Å²) in [4.78, 5) is 59.2. The van der Waals surface area contributed by atoms with Crippen LogP contribution in [-0.2, 0) is 25.7 Å². The summed E-state index contributed by atoms with van der Waals surface area (Å²) in [6.45, 7) is 2.41. The number of ketones is 2. The Kier molecular flexibility index (Phi) is 7.94. The molecule has 0 radical (unpaired) electrons. The lowest BCUT2D eigenvalue weighted by Crippen LogP contribution is -2.47. The number of piperidine rings is 1. The zero-order valence-corrected chi connectivity index (χ0v) is 27.8. The second kappa shape index (κ2) is 11.8. The van der Waals surface area contributed by atoms with E-state index in [1.807, 2.05) is 24.3 Å². The third-order valence-electron chi connectivity index (χ3n) is 10.1. The van der Waals surface area contributed by atoms with Crippen molar-refractivity contribution in [1.82, 2.24) is 9.80 Å². The van der Waals surface area contributed by atoms with E-state index in [0.717, 1.165) is 25.2 Å². The number of phenolic OH excluding ortho intramolecular Hbond substituents is 1. The summed E-state index contributed by atoms with van der Waals surface area (Å²) < 4.78 is 6.22. The lowest BCUT2D eigenvalue weighted by molar-refractivity contribution is -0.144. The van der Waals surface area contributed by atoms with E-state index in [0.29, 0.717) is 40.4 Å². The van der Waals surface area contributed by atoms with Crippen LogP contribution in [-0.4, -0.2) is 64.5 Å². The van der Waals surface area contributed by atoms with Crippen molar-refractivity contribution >= 4 is 55.2 Å². The molecule has 4 atom stereocenters. The van der Waals surface area contributed by atoms with Gasteiger partial charge in [0.25, 0.3) is 0 Å². The van der Waals surface area contributed by atoms with E-state index in [4.69, 9.17) is 4.74 Å². The summed E-state index contributed by atoms with van der Waals surface area (Å²) in [6, 6.07) is 13.5. The van der Waals surface area contributed by atoms with Crippen molar-refractivity contribution in [2.75, 3.05) is 20.2 Å². The highest BCUT2D eigenvalue weighted by atomic mass is 79.9. The zero-order valence-electron chi connectivity index (χ0n) is 24.7. The molecule has 2 aliphatic heterocycles. The number of halogens is 2. The van der Waals surface area contributed by atoms with Gasteiger partial charge in [0.05, 0.1) is 23.4 Å². The van der Waals surface area contributed by atoms with Crippen LogP contribution in [0.1, 0.15) is 42.7 Å². The minimum Gasteiger partial charge on any atom is -0.504 e. The van der Waals surface area contributed by atoms with Crippen LogP contribution >= 0.6 is 31.9 Å². The van der Waals surface area contributed by atoms with Gasteiger partial charge in [-0.05, 0) is 65.2 Å². The van der Waals surface area contributed by atoms with Crippen molar-refractivity contribution < 1.29 is 29.0 Å². The first kappa shape index (κ1) is 30.3. The molecule has 0 spiro atoms. The first-order valence-electron chi connectivity index (χ1n) is 15.3. The van der Waals surface area contributed by atoms with Gasteiger partial charge < -0.3 is 9.84 Å². The van der Waals surface area contributed by atoms with E-state index in [-0.39, 0.29) is 51.8 Å². The van der Waals surface area contributed by atoms with E-state index in [1.54, 1.807) is 12.1 Å². The normalized spacial score (nSPS) is 27.2. The zero-order chi connectivity index (χ0) is 31.6. The molecule has 4 unspecified atom stereocenters. The Labute approximate surface area is 278 Å². The van der Waals surface area contributed by atoms with E-state index in [9.17, 15) is 24.3 Å². The third kappa shape index (κ3) is 5.05. The number of likely N-dealkylation sites (tertiary alicyclic amines) is 2. The van der Waals surface area contributed by atoms with Gasteiger partial charge in [-0.25, -0.2) is 0 Å². The van der Waals surface area contributed by atoms with Crippen molar-refractivity contribution in [1.29, 1.82) is 0 Å². The van der Waals surface area contributed by atoms with Crippen LogP contribution in [0.5, 0.6) is 11.5 Å². The van der Waals surface area contributed by atoms with E-state index in [2.05, 4.69) is 48.9 Å². The van der Waals surface area contributed by atoms with Crippen molar-refractivity contribution in [3.63, 3.8) is 0 Å². The fraction of sp³-hybridized carbons (Fsp3) is 0.371. The number of aromatic hydroxyl groups is 1. The molecule has 45 heavy (non-hydrogen) atoms. The number of methoxy groups -OCH3 is 1. The Morgan fingerprint density at radius 2 is 1.71 bits per heavy atom. The van der Waals surface area contributed by atoms with Crippen LogP contribution < -0.4 is 4.74 Å². The molecule has 5 aliphatic rings. The van der Waals surface area contributed by atoms with Crippen LogP contribution in [0.15, 0.2) is 80.3 Å². The number of carbonyl (C=O) groups excluding carboxylic acids is 4. The van der Waals surface area contributed by atoms with Crippen LogP contribution in [0.25, 0.3) is 0 Å². The number of Topliss-reactive ketones (excluding diaryl/α,β-unsaturated/α-hetero) is 1.